The molecular formula is C41H44N4O3. The van der Waals surface area contributed by atoms with Crippen molar-refractivity contribution in [3.8, 4) is 22.5 Å². The number of amides is 2. The topological polar surface area (TPSA) is 73.8 Å². The van der Waals surface area contributed by atoms with Gasteiger partial charge in [-0.1, -0.05) is 104 Å². The minimum atomic E-state index is -0.218. The molecule has 3 aromatic carbocycles. The average Bonchev–Trinajstić information content (AvgIpc) is 3.18. The van der Waals surface area contributed by atoms with Crippen molar-refractivity contribution in [1.82, 2.24) is 19.7 Å². The van der Waals surface area contributed by atoms with Gasteiger partial charge in [-0.15, -0.1) is 0 Å². The molecular weight excluding hydrogens is 596 g/mol. The van der Waals surface area contributed by atoms with Gasteiger partial charge < -0.3 is 9.80 Å². The fraction of sp³-hybridized carbons (Fsp3) is 0.366. The molecule has 1 saturated carbocycles. The molecule has 246 valence electrons. The lowest BCUT2D eigenvalue weighted by atomic mass is 9.74. The highest BCUT2D eigenvalue weighted by molar-refractivity contribution is 6.00. The third-order valence-electron chi connectivity index (χ3n) is 10.6. The molecule has 7 heteroatoms. The first-order valence-corrected chi connectivity index (χ1v) is 17.6. The lowest BCUT2D eigenvalue weighted by molar-refractivity contribution is -0.139. The molecule has 2 amide bonds. The van der Waals surface area contributed by atoms with Crippen LogP contribution in [0.5, 0.6) is 0 Å². The van der Waals surface area contributed by atoms with Gasteiger partial charge in [-0.05, 0) is 37.8 Å². The van der Waals surface area contributed by atoms with E-state index in [1.165, 1.54) is 0 Å². The van der Waals surface area contributed by atoms with Crippen LogP contribution in [0.25, 0.3) is 22.5 Å². The summed E-state index contributed by atoms with van der Waals surface area (Å²) in [6, 6.07) is 33.8. The predicted molar refractivity (Wildman–Crippen MR) is 188 cm³/mol. The summed E-state index contributed by atoms with van der Waals surface area (Å²) < 4.78 is 0. The molecule has 1 aromatic heterocycles. The predicted octanol–water partition coefficient (Wildman–Crippen LogP) is 6.85. The third kappa shape index (κ3) is 6.97. The Morgan fingerprint density at radius 2 is 1.06 bits per heavy atom. The van der Waals surface area contributed by atoms with Crippen LogP contribution >= 0.6 is 0 Å². The van der Waals surface area contributed by atoms with Crippen LogP contribution in [0.3, 0.4) is 0 Å². The highest BCUT2D eigenvalue weighted by Crippen LogP contribution is 2.35. The van der Waals surface area contributed by atoms with Crippen molar-refractivity contribution < 1.29 is 14.4 Å². The molecule has 3 fully saturated rings. The van der Waals surface area contributed by atoms with Crippen LogP contribution in [-0.2, 0) is 4.79 Å². The number of hydrogen-bond donors (Lipinski definition) is 0. The molecule has 3 aliphatic rings. The Kier molecular flexibility index (Phi) is 9.75. The summed E-state index contributed by atoms with van der Waals surface area (Å²) in [4.78, 5) is 52.5. The van der Waals surface area contributed by atoms with Crippen LogP contribution in [0.15, 0.2) is 103 Å². The maximum Gasteiger partial charge on any atom is 0.254 e. The normalized spacial score (nSPS) is 20.8. The summed E-state index contributed by atoms with van der Waals surface area (Å²) in [7, 11) is 0. The van der Waals surface area contributed by atoms with E-state index in [1.54, 1.807) is 0 Å². The molecule has 2 saturated heterocycles. The van der Waals surface area contributed by atoms with Gasteiger partial charge in [-0.25, -0.2) is 4.98 Å². The van der Waals surface area contributed by atoms with E-state index in [4.69, 9.17) is 4.98 Å². The number of benzene rings is 3. The number of Topliss-reactive ketones (excluding diaryl/α,β-unsaturated/α-hetero) is 1. The van der Waals surface area contributed by atoms with Gasteiger partial charge in [0.1, 0.15) is 0 Å². The van der Waals surface area contributed by atoms with Crippen LogP contribution in [0.2, 0.25) is 0 Å². The number of carbonyl (C=O) groups is 3. The zero-order valence-corrected chi connectivity index (χ0v) is 27.5. The lowest BCUT2D eigenvalue weighted by Crippen LogP contribution is -2.55. The number of nitrogens with zero attached hydrogens (tertiary/aromatic N) is 4. The molecule has 0 unspecified atom stereocenters. The van der Waals surface area contributed by atoms with Crippen molar-refractivity contribution in [2.45, 2.75) is 44.6 Å². The molecule has 7 nitrogen and oxygen atoms in total. The number of pyridine rings is 1. The number of ketones is 1. The molecule has 7 rings (SSSR count). The molecule has 4 aromatic rings. The Hall–Kier alpha value is -4.62. The third-order valence-corrected chi connectivity index (χ3v) is 10.6. The van der Waals surface area contributed by atoms with Crippen molar-refractivity contribution in [3.63, 3.8) is 0 Å². The van der Waals surface area contributed by atoms with E-state index in [0.29, 0.717) is 24.7 Å². The standard InChI is InChI=1S/C41H44N4O3/c46-39(32-16-8-3-9-17-32)35-18-10-11-19-36(35)41(48)44-22-20-34(21-23-44)43-24-26-45(27-25-43)40(47)33-28-37(30-12-4-1-5-13-30)42-38(29-33)31-14-6-2-7-15-31/h1-9,12-17,28-29,34-36H,10-11,18-27H2/t35-,36-/m1/s1. The van der Waals surface area contributed by atoms with Crippen molar-refractivity contribution in [1.29, 1.82) is 0 Å². The molecule has 2 aliphatic heterocycles. The van der Waals surface area contributed by atoms with Crippen molar-refractivity contribution in [3.05, 3.63) is 114 Å². The van der Waals surface area contributed by atoms with E-state index < -0.39 is 0 Å². The van der Waals surface area contributed by atoms with E-state index in [1.807, 2.05) is 113 Å². The number of piperidine rings is 1. The maximum absolute atomic E-state index is 13.9. The van der Waals surface area contributed by atoms with Gasteiger partial charge in [-0.2, -0.15) is 0 Å². The smallest absolute Gasteiger partial charge is 0.254 e. The molecule has 0 spiro atoms. The number of rotatable bonds is 7. The second kappa shape index (κ2) is 14.7. The van der Waals surface area contributed by atoms with Gasteiger partial charge in [-0.3, -0.25) is 19.3 Å². The van der Waals surface area contributed by atoms with Crippen molar-refractivity contribution in [2.24, 2.45) is 11.8 Å². The Morgan fingerprint density at radius 1 is 0.542 bits per heavy atom. The fourth-order valence-corrected chi connectivity index (χ4v) is 7.88. The lowest BCUT2D eigenvalue weighted by Gasteiger charge is -2.44. The summed E-state index contributed by atoms with van der Waals surface area (Å²) in [6.45, 7) is 4.45. The summed E-state index contributed by atoms with van der Waals surface area (Å²) in [5, 5.41) is 0. The van der Waals surface area contributed by atoms with Gasteiger partial charge in [0.15, 0.2) is 5.78 Å². The van der Waals surface area contributed by atoms with Crippen LogP contribution < -0.4 is 0 Å². The number of piperazine rings is 1. The zero-order valence-electron chi connectivity index (χ0n) is 27.5. The first-order valence-electron chi connectivity index (χ1n) is 17.6. The SMILES string of the molecule is O=C(c1ccccc1)[C@@H]1CCCC[C@H]1C(=O)N1CCC(N2CCN(C(=O)c3cc(-c4ccccc4)nc(-c4ccccc4)c3)CC2)CC1. The second-order valence-corrected chi connectivity index (χ2v) is 13.5. The summed E-state index contributed by atoms with van der Waals surface area (Å²) >= 11 is 0. The van der Waals surface area contributed by atoms with E-state index in [0.717, 1.165) is 92.8 Å². The fourth-order valence-electron chi connectivity index (χ4n) is 7.88. The van der Waals surface area contributed by atoms with Gasteiger partial charge >= 0.3 is 0 Å². The number of aromatic nitrogens is 1. The molecule has 2 atom stereocenters. The highest BCUT2D eigenvalue weighted by Gasteiger charge is 2.39. The van der Waals surface area contributed by atoms with Crippen LogP contribution in [0.4, 0.5) is 0 Å². The Morgan fingerprint density at radius 3 is 1.62 bits per heavy atom. The monoisotopic (exact) mass is 640 g/mol. The largest absolute Gasteiger partial charge is 0.342 e. The van der Waals surface area contributed by atoms with Crippen LogP contribution in [0.1, 0.15) is 59.2 Å². The summed E-state index contributed by atoms with van der Waals surface area (Å²) in [5.41, 5.74) is 4.94. The Balaban J connectivity index is 0.963. The van der Waals surface area contributed by atoms with E-state index >= 15 is 0 Å². The minimum Gasteiger partial charge on any atom is -0.342 e. The molecule has 1 aliphatic carbocycles. The van der Waals surface area contributed by atoms with Crippen LogP contribution in [0, 0.1) is 11.8 Å². The maximum atomic E-state index is 13.9. The second-order valence-electron chi connectivity index (χ2n) is 13.5. The molecule has 0 N–H and O–H groups in total. The summed E-state index contributed by atoms with van der Waals surface area (Å²) in [5.74, 6) is -0.102. The number of likely N-dealkylation sites (tertiary alicyclic amines) is 1. The zero-order chi connectivity index (χ0) is 32.9. The van der Waals surface area contributed by atoms with Gasteiger partial charge in [0.05, 0.1) is 11.4 Å². The quantitative estimate of drug-likeness (QED) is 0.207. The number of hydrogen-bond acceptors (Lipinski definition) is 5. The molecule has 0 bridgehead atoms. The van der Waals surface area contributed by atoms with Gasteiger partial charge in [0, 0.05) is 79.4 Å². The van der Waals surface area contributed by atoms with Gasteiger partial charge in [0.25, 0.3) is 5.91 Å². The Labute approximate surface area is 283 Å². The number of carbonyl (C=O) groups excluding carboxylic acids is 3. The van der Waals surface area contributed by atoms with E-state index in [-0.39, 0.29) is 29.4 Å². The average molecular weight is 641 g/mol. The molecule has 3 heterocycles. The van der Waals surface area contributed by atoms with E-state index in [2.05, 4.69) is 4.90 Å². The van der Waals surface area contributed by atoms with Crippen molar-refractivity contribution in [2.75, 3.05) is 39.3 Å². The van der Waals surface area contributed by atoms with Gasteiger partial charge in [0.2, 0.25) is 5.91 Å². The van der Waals surface area contributed by atoms with Crippen molar-refractivity contribution >= 4 is 17.6 Å². The highest BCUT2D eigenvalue weighted by atomic mass is 16.2. The first-order chi connectivity index (χ1) is 23.5. The first kappa shape index (κ1) is 32.0. The minimum absolute atomic E-state index is 0.0407. The summed E-state index contributed by atoms with van der Waals surface area (Å²) in [6.07, 6.45) is 5.46. The van der Waals surface area contributed by atoms with E-state index in [9.17, 15) is 14.4 Å². The Bertz CT molecular complexity index is 1660. The van der Waals surface area contributed by atoms with Crippen LogP contribution in [-0.4, -0.2) is 82.6 Å². The molecule has 48 heavy (non-hydrogen) atoms. The molecule has 0 radical (unpaired) electrons.